The Hall–Kier alpha value is -1.33. The fraction of sp³-hybridized carbons (Fsp3) is 0.667. The molecule has 1 aliphatic heterocycles. The number of piperidine rings is 1. The van der Waals surface area contributed by atoms with Crippen molar-refractivity contribution in [1.29, 1.82) is 0 Å². The first-order chi connectivity index (χ1) is 9.56. The van der Waals surface area contributed by atoms with Gasteiger partial charge in [0.25, 0.3) is 0 Å². The standard InChI is InChI=1S/C15H23NO4/c1-10-5-4-6-16(14(10)9-17)8-12-7-13(11(2)20-12)15(18)19-3/h7,10,14,17H,4-6,8-9H2,1-3H3. The Balaban J connectivity index is 2.11. The summed E-state index contributed by atoms with van der Waals surface area (Å²) < 4.78 is 10.4. The molecule has 0 bridgehead atoms. The number of carbonyl (C=O) groups is 1. The number of methoxy groups -OCH3 is 1. The van der Waals surface area contributed by atoms with E-state index in [1.807, 2.05) is 0 Å². The first-order valence-corrected chi connectivity index (χ1v) is 7.09. The van der Waals surface area contributed by atoms with Gasteiger partial charge in [-0.2, -0.15) is 0 Å². The maximum Gasteiger partial charge on any atom is 0.341 e. The summed E-state index contributed by atoms with van der Waals surface area (Å²) in [5.41, 5.74) is 0.480. The van der Waals surface area contributed by atoms with Gasteiger partial charge in [0.2, 0.25) is 0 Å². The van der Waals surface area contributed by atoms with Crippen LogP contribution in [-0.4, -0.2) is 42.3 Å². The molecule has 1 fully saturated rings. The molecule has 2 rings (SSSR count). The van der Waals surface area contributed by atoms with E-state index in [9.17, 15) is 9.90 Å². The summed E-state index contributed by atoms with van der Waals surface area (Å²) in [5.74, 6) is 1.43. The number of aliphatic hydroxyl groups excluding tert-OH is 1. The molecule has 1 saturated heterocycles. The molecule has 0 saturated carbocycles. The third kappa shape index (κ3) is 3.04. The average Bonchev–Trinajstić information content (AvgIpc) is 2.79. The van der Waals surface area contributed by atoms with E-state index in [-0.39, 0.29) is 18.6 Å². The molecule has 1 aliphatic rings. The Morgan fingerprint density at radius 3 is 3.00 bits per heavy atom. The third-order valence-corrected chi connectivity index (χ3v) is 4.15. The van der Waals surface area contributed by atoms with Crippen LogP contribution in [0.25, 0.3) is 0 Å². The van der Waals surface area contributed by atoms with Gasteiger partial charge in [-0.05, 0) is 38.3 Å². The predicted octanol–water partition coefficient (Wildman–Crippen LogP) is 1.97. The van der Waals surface area contributed by atoms with E-state index < -0.39 is 0 Å². The summed E-state index contributed by atoms with van der Waals surface area (Å²) in [6, 6.07) is 1.91. The lowest BCUT2D eigenvalue weighted by Gasteiger charge is -2.38. The lowest BCUT2D eigenvalue weighted by Crippen LogP contribution is -2.45. The number of furan rings is 1. The van der Waals surface area contributed by atoms with Gasteiger partial charge >= 0.3 is 5.97 Å². The molecule has 112 valence electrons. The SMILES string of the molecule is COC(=O)c1cc(CN2CCCC(C)C2CO)oc1C. The highest BCUT2D eigenvalue weighted by Crippen LogP contribution is 2.26. The molecule has 0 spiro atoms. The molecule has 2 atom stereocenters. The highest BCUT2D eigenvalue weighted by Gasteiger charge is 2.29. The Kier molecular flexibility index (Phi) is 4.83. The minimum atomic E-state index is -0.372. The minimum absolute atomic E-state index is 0.157. The average molecular weight is 281 g/mol. The van der Waals surface area contributed by atoms with Crippen molar-refractivity contribution in [3.8, 4) is 0 Å². The highest BCUT2D eigenvalue weighted by molar-refractivity contribution is 5.90. The van der Waals surface area contributed by atoms with Crippen LogP contribution in [0, 0.1) is 12.8 Å². The molecule has 0 aliphatic carbocycles. The van der Waals surface area contributed by atoms with Gasteiger partial charge in [-0.3, -0.25) is 4.90 Å². The Labute approximate surface area is 119 Å². The number of hydrogen-bond donors (Lipinski definition) is 1. The molecular formula is C15H23NO4. The molecular weight excluding hydrogens is 258 g/mol. The molecule has 0 amide bonds. The fourth-order valence-electron chi connectivity index (χ4n) is 2.96. The van der Waals surface area contributed by atoms with Crippen LogP contribution in [0.1, 0.15) is 41.6 Å². The largest absolute Gasteiger partial charge is 0.465 e. The van der Waals surface area contributed by atoms with Gasteiger partial charge < -0.3 is 14.3 Å². The van der Waals surface area contributed by atoms with Crippen molar-refractivity contribution in [3.63, 3.8) is 0 Å². The van der Waals surface area contributed by atoms with Crippen LogP contribution in [0.3, 0.4) is 0 Å². The van der Waals surface area contributed by atoms with Gasteiger partial charge in [-0.1, -0.05) is 6.92 Å². The van der Waals surface area contributed by atoms with Crippen LogP contribution in [0.4, 0.5) is 0 Å². The van der Waals surface area contributed by atoms with Gasteiger partial charge in [0.05, 0.1) is 20.3 Å². The van der Waals surface area contributed by atoms with Gasteiger partial charge in [-0.15, -0.1) is 0 Å². The summed E-state index contributed by atoms with van der Waals surface area (Å²) in [4.78, 5) is 13.8. The maximum atomic E-state index is 11.6. The third-order valence-electron chi connectivity index (χ3n) is 4.15. The number of rotatable bonds is 4. The van der Waals surface area contributed by atoms with Crippen molar-refractivity contribution in [2.75, 3.05) is 20.3 Å². The fourth-order valence-corrected chi connectivity index (χ4v) is 2.96. The summed E-state index contributed by atoms with van der Waals surface area (Å²) in [7, 11) is 1.36. The van der Waals surface area contributed by atoms with E-state index in [0.717, 1.165) is 25.1 Å². The maximum absolute atomic E-state index is 11.6. The Morgan fingerprint density at radius 1 is 1.60 bits per heavy atom. The number of hydrogen-bond acceptors (Lipinski definition) is 5. The highest BCUT2D eigenvalue weighted by atomic mass is 16.5. The monoisotopic (exact) mass is 281 g/mol. The summed E-state index contributed by atoms with van der Waals surface area (Å²) in [5, 5.41) is 9.55. The van der Waals surface area contributed by atoms with Gasteiger partial charge in [0.1, 0.15) is 17.1 Å². The number of aliphatic hydroxyl groups is 1. The van der Waals surface area contributed by atoms with Crippen molar-refractivity contribution in [2.45, 2.75) is 39.3 Å². The number of likely N-dealkylation sites (tertiary alicyclic amines) is 1. The quantitative estimate of drug-likeness (QED) is 0.855. The van der Waals surface area contributed by atoms with Crippen molar-refractivity contribution < 1.29 is 19.1 Å². The van der Waals surface area contributed by atoms with Crippen LogP contribution in [0.2, 0.25) is 0 Å². The van der Waals surface area contributed by atoms with E-state index in [2.05, 4.69) is 11.8 Å². The van der Waals surface area contributed by atoms with Crippen LogP contribution >= 0.6 is 0 Å². The normalized spacial score (nSPS) is 23.8. The molecule has 1 aromatic rings. The minimum Gasteiger partial charge on any atom is -0.465 e. The molecule has 0 aromatic carbocycles. The molecule has 20 heavy (non-hydrogen) atoms. The smallest absolute Gasteiger partial charge is 0.341 e. The number of aryl methyl sites for hydroxylation is 1. The van der Waals surface area contributed by atoms with E-state index in [1.54, 1.807) is 13.0 Å². The van der Waals surface area contributed by atoms with E-state index in [1.165, 1.54) is 7.11 Å². The first-order valence-electron chi connectivity index (χ1n) is 7.09. The van der Waals surface area contributed by atoms with Crippen LogP contribution in [-0.2, 0) is 11.3 Å². The second kappa shape index (κ2) is 6.41. The van der Waals surface area contributed by atoms with Crippen LogP contribution in [0.15, 0.2) is 10.5 Å². The lowest BCUT2D eigenvalue weighted by molar-refractivity contribution is 0.0424. The summed E-state index contributed by atoms with van der Waals surface area (Å²) in [6.45, 7) is 5.65. The molecule has 1 N–H and O–H groups in total. The Morgan fingerprint density at radius 2 is 2.35 bits per heavy atom. The van der Waals surface area contributed by atoms with Crippen molar-refractivity contribution in [2.24, 2.45) is 5.92 Å². The zero-order chi connectivity index (χ0) is 14.7. The predicted molar refractivity (Wildman–Crippen MR) is 74.5 cm³/mol. The van der Waals surface area contributed by atoms with Gasteiger partial charge in [0, 0.05) is 6.04 Å². The topological polar surface area (TPSA) is 62.9 Å². The second-order valence-corrected chi connectivity index (χ2v) is 5.51. The molecule has 0 radical (unpaired) electrons. The number of carbonyl (C=O) groups excluding carboxylic acids is 1. The van der Waals surface area contributed by atoms with Crippen molar-refractivity contribution >= 4 is 5.97 Å². The van der Waals surface area contributed by atoms with Crippen molar-refractivity contribution in [1.82, 2.24) is 4.90 Å². The molecule has 5 heteroatoms. The molecule has 1 aromatic heterocycles. The van der Waals surface area contributed by atoms with Crippen molar-refractivity contribution in [3.05, 3.63) is 23.2 Å². The summed E-state index contributed by atoms with van der Waals surface area (Å²) in [6.07, 6.45) is 2.27. The zero-order valence-corrected chi connectivity index (χ0v) is 12.4. The number of esters is 1. The molecule has 5 nitrogen and oxygen atoms in total. The zero-order valence-electron chi connectivity index (χ0n) is 12.4. The van der Waals surface area contributed by atoms with Crippen LogP contribution < -0.4 is 0 Å². The van der Waals surface area contributed by atoms with E-state index >= 15 is 0 Å². The number of ether oxygens (including phenoxy) is 1. The van der Waals surface area contributed by atoms with Gasteiger partial charge in [-0.25, -0.2) is 4.79 Å². The number of nitrogens with zero attached hydrogens (tertiary/aromatic N) is 1. The van der Waals surface area contributed by atoms with Gasteiger partial charge in [0.15, 0.2) is 0 Å². The van der Waals surface area contributed by atoms with Crippen LogP contribution in [0.5, 0.6) is 0 Å². The Bertz CT molecular complexity index is 468. The second-order valence-electron chi connectivity index (χ2n) is 5.51. The summed E-state index contributed by atoms with van der Waals surface area (Å²) >= 11 is 0. The molecule has 2 heterocycles. The van der Waals surface area contributed by atoms with E-state index in [0.29, 0.717) is 23.8 Å². The lowest BCUT2D eigenvalue weighted by atomic mass is 9.91. The molecule has 2 unspecified atom stereocenters. The first kappa shape index (κ1) is 15.1. The van der Waals surface area contributed by atoms with E-state index in [4.69, 9.17) is 9.15 Å².